The molecule has 0 aliphatic carbocycles. The van der Waals surface area contributed by atoms with E-state index in [4.69, 9.17) is 4.98 Å². The Morgan fingerprint density at radius 3 is 2.72 bits per heavy atom. The third kappa shape index (κ3) is 4.40. The number of nitrogens with zero attached hydrogens (tertiary/aromatic N) is 3. The summed E-state index contributed by atoms with van der Waals surface area (Å²) in [4.78, 5) is 7.18. The normalized spacial score (nSPS) is 19.4. The zero-order valence-corrected chi connectivity index (χ0v) is 15.8. The van der Waals surface area contributed by atoms with E-state index in [-0.39, 0.29) is 12.1 Å². The smallest absolute Gasteiger partial charge is 0.126 e. The molecule has 138 valence electrons. The van der Waals surface area contributed by atoms with Gasteiger partial charge in [0.15, 0.2) is 0 Å². The summed E-state index contributed by atoms with van der Waals surface area (Å²) in [6, 6.07) is 8.38. The summed E-state index contributed by atoms with van der Waals surface area (Å²) in [5.41, 5.74) is 2.22. The van der Waals surface area contributed by atoms with Gasteiger partial charge in [0.1, 0.15) is 5.82 Å². The minimum atomic E-state index is -0.338. The maximum Gasteiger partial charge on any atom is 0.126 e. The highest BCUT2D eigenvalue weighted by Gasteiger charge is 2.20. The third-order valence-corrected chi connectivity index (χ3v) is 5.39. The molecule has 0 amide bonds. The molecule has 2 atom stereocenters. The number of likely N-dealkylation sites (tertiary alicyclic amines) is 1. The van der Waals surface area contributed by atoms with Crippen molar-refractivity contribution in [1.82, 2.24) is 19.8 Å². The Morgan fingerprint density at radius 1 is 1.28 bits per heavy atom. The molecule has 5 nitrogen and oxygen atoms in total. The zero-order chi connectivity index (χ0) is 17.8. The minimum Gasteiger partial charge on any atom is -0.390 e. The number of β-amino-alcohol motifs (C(OH)–C–C–N with tert-alkyl or cyclic N) is 1. The number of aliphatic hydroxyl groups excluding tert-OH is 1. The van der Waals surface area contributed by atoms with Crippen LogP contribution < -0.4 is 5.32 Å². The number of hydrogen-bond donors (Lipinski definition) is 2. The zero-order valence-electron chi connectivity index (χ0n) is 15.8. The van der Waals surface area contributed by atoms with Crippen molar-refractivity contribution in [2.75, 3.05) is 26.2 Å². The highest BCUT2D eigenvalue weighted by molar-refractivity contribution is 5.76. The standard InChI is InChI=1S/C20H32N4O/c1-4-24-19-8-6-5-7-18(19)22-20(24)16(3)21-13-17(25)14-23-11-9-15(2)10-12-23/h5-8,15-17,21,25H,4,9-14H2,1-3H3. The van der Waals surface area contributed by atoms with Crippen LogP contribution in [0.25, 0.3) is 11.0 Å². The monoisotopic (exact) mass is 344 g/mol. The number of aliphatic hydroxyl groups is 1. The summed E-state index contributed by atoms with van der Waals surface area (Å²) in [5, 5.41) is 13.9. The van der Waals surface area contributed by atoms with Crippen LogP contribution in [0.4, 0.5) is 0 Å². The van der Waals surface area contributed by atoms with E-state index in [0.717, 1.165) is 43.4 Å². The Kier molecular flexibility index (Phi) is 6.10. The number of fused-ring (bicyclic) bond motifs is 1. The lowest BCUT2D eigenvalue weighted by Gasteiger charge is -2.32. The first-order chi connectivity index (χ1) is 12.1. The number of aromatic nitrogens is 2. The molecule has 5 heteroatoms. The highest BCUT2D eigenvalue weighted by Crippen LogP contribution is 2.21. The second-order valence-corrected chi connectivity index (χ2v) is 7.47. The van der Waals surface area contributed by atoms with E-state index in [1.807, 2.05) is 6.07 Å². The summed E-state index contributed by atoms with van der Waals surface area (Å²) in [5.74, 6) is 1.87. The van der Waals surface area contributed by atoms with E-state index < -0.39 is 0 Å². The Labute approximate surface area is 151 Å². The van der Waals surface area contributed by atoms with E-state index >= 15 is 0 Å². The van der Waals surface area contributed by atoms with Crippen LogP contribution in [0, 0.1) is 5.92 Å². The largest absolute Gasteiger partial charge is 0.390 e. The number of rotatable bonds is 7. The highest BCUT2D eigenvalue weighted by atomic mass is 16.3. The van der Waals surface area contributed by atoms with Crippen molar-refractivity contribution in [3.8, 4) is 0 Å². The molecule has 2 aromatic rings. The van der Waals surface area contributed by atoms with Crippen molar-refractivity contribution in [3.05, 3.63) is 30.1 Å². The van der Waals surface area contributed by atoms with Crippen molar-refractivity contribution >= 4 is 11.0 Å². The molecule has 0 bridgehead atoms. The predicted octanol–water partition coefficient (Wildman–Crippen LogP) is 2.80. The topological polar surface area (TPSA) is 53.3 Å². The molecule has 1 saturated heterocycles. The Hall–Kier alpha value is -1.43. The fourth-order valence-corrected chi connectivity index (χ4v) is 3.77. The van der Waals surface area contributed by atoms with E-state index in [1.165, 1.54) is 18.4 Å². The van der Waals surface area contributed by atoms with Gasteiger partial charge < -0.3 is 19.9 Å². The van der Waals surface area contributed by atoms with Crippen LogP contribution in [0.2, 0.25) is 0 Å². The van der Waals surface area contributed by atoms with Crippen LogP contribution in [0.3, 0.4) is 0 Å². The van der Waals surface area contributed by atoms with Crippen LogP contribution in [-0.4, -0.2) is 51.8 Å². The quantitative estimate of drug-likeness (QED) is 0.811. The third-order valence-electron chi connectivity index (χ3n) is 5.39. The van der Waals surface area contributed by atoms with Gasteiger partial charge >= 0.3 is 0 Å². The summed E-state index contributed by atoms with van der Waals surface area (Å²) in [6.07, 6.45) is 2.16. The second-order valence-electron chi connectivity index (χ2n) is 7.47. The number of piperidine rings is 1. The molecular weight excluding hydrogens is 312 g/mol. The fraction of sp³-hybridized carbons (Fsp3) is 0.650. The molecule has 2 heterocycles. The van der Waals surface area contributed by atoms with Gasteiger partial charge in [0.2, 0.25) is 0 Å². The molecule has 1 aromatic carbocycles. The molecule has 2 N–H and O–H groups in total. The Bertz CT molecular complexity index is 675. The van der Waals surface area contributed by atoms with Crippen molar-refractivity contribution in [2.45, 2.75) is 52.3 Å². The predicted molar refractivity (Wildman–Crippen MR) is 103 cm³/mol. The van der Waals surface area contributed by atoms with Gasteiger partial charge in [-0.1, -0.05) is 19.1 Å². The first-order valence-electron chi connectivity index (χ1n) is 9.67. The molecule has 25 heavy (non-hydrogen) atoms. The van der Waals surface area contributed by atoms with Gasteiger partial charge in [-0.15, -0.1) is 0 Å². The van der Waals surface area contributed by atoms with Crippen molar-refractivity contribution < 1.29 is 5.11 Å². The van der Waals surface area contributed by atoms with Crippen LogP contribution in [0.15, 0.2) is 24.3 Å². The average molecular weight is 345 g/mol. The Balaban J connectivity index is 1.56. The SMILES string of the molecule is CCn1c(C(C)NCC(O)CN2CCC(C)CC2)nc2ccccc21. The fourth-order valence-electron chi connectivity index (χ4n) is 3.77. The lowest BCUT2D eigenvalue weighted by molar-refractivity contribution is 0.0889. The molecule has 1 aliphatic heterocycles. The molecule has 0 spiro atoms. The first-order valence-corrected chi connectivity index (χ1v) is 9.67. The van der Waals surface area contributed by atoms with Crippen molar-refractivity contribution in [3.63, 3.8) is 0 Å². The maximum atomic E-state index is 10.4. The minimum absolute atomic E-state index is 0.114. The van der Waals surface area contributed by atoms with E-state index in [9.17, 15) is 5.11 Å². The lowest BCUT2D eigenvalue weighted by atomic mass is 9.99. The average Bonchev–Trinajstić information content (AvgIpc) is 3.00. The number of benzene rings is 1. The van der Waals surface area contributed by atoms with E-state index in [2.05, 4.69) is 53.8 Å². The summed E-state index contributed by atoms with van der Waals surface area (Å²) in [6.45, 7) is 11.1. The molecule has 3 rings (SSSR count). The number of nitrogens with one attached hydrogen (secondary N) is 1. The van der Waals surface area contributed by atoms with Crippen LogP contribution in [0.1, 0.15) is 45.5 Å². The molecular formula is C20H32N4O. The van der Waals surface area contributed by atoms with Gasteiger partial charge in [-0.25, -0.2) is 4.98 Å². The maximum absolute atomic E-state index is 10.4. The van der Waals surface area contributed by atoms with Gasteiger partial charge in [-0.05, 0) is 57.8 Å². The van der Waals surface area contributed by atoms with Crippen LogP contribution in [-0.2, 0) is 6.54 Å². The van der Waals surface area contributed by atoms with Gasteiger partial charge in [-0.3, -0.25) is 0 Å². The molecule has 1 aromatic heterocycles. The van der Waals surface area contributed by atoms with Gasteiger partial charge in [0.05, 0.1) is 23.2 Å². The lowest BCUT2D eigenvalue weighted by Crippen LogP contribution is -2.42. The first kappa shape index (κ1) is 18.4. The summed E-state index contributed by atoms with van der Waals surface area (Å²) in [7, 11) is 0. The van der Waals surface area contributed by atoms with Crippen LogP contribution >= 0.6 is 0 Å². The number of imidazole rings is 1. The van der Waals surface area contributed by atoms with Gasteiger partial charge in [0.25, 0.3) is 0 Å². The molecule has 1 aliphatic rings. The van der Waals surface area contributed by atoms with E-state index in [1.54, 1.807) is 0 Å². The van der Waals surface area contributed by atoms with Crippen LogP contribution in [0.5, 0.6) is 0 Å². The number of para-hydroxylation sites is 2. The number of hydrogen-bond acceptors (Lipinski definition) is 4. The Morgan fingerprint density at radius 2 is 2.00 bits per heavy atom. The van der Waals surface area contributed by atoms with Gasteiger partial charge in [0, 0.05) is 19.6 Å². The van der Waals surface area contributed by atoms with Crippen molar-refractivity contribution in [2.24, 2.45) is 5.92 Å². The van der Waals surface area contributed by atoms with Crippen molar-refractivity contribution in [1.29, 1.82) is 0 Å². The number of aryl methyl sites for hydroxylation is 1. The summed E-state index contributed by atoms with van der Waals surface area (Å²) >= 11 is 0. The molecule has 2 unspecified atom stereocenters. The molecule has 0 saturated carbocycles. The van der Waals surface area contributed by atoms with E-state index in [0.29, 0.717) is 6.54 Å². The van der Waals surface area contributed by atoms with Gasteiger partial charge in [-0.2, -0.15) is 0 Å². The molecule has 0 radical (unpaired) electrons. The second kappa shape index (κ2) is 8.30. The summed E-state index contributed by atoms with van der Waals surface area (Å²) < 4.78 is 2.26. The molecule has 1 fully saturated rings.